The van der Waals surface area contributed by atoms with E-state index in [9.17, 15) is 19.5 Å². The van der Waals surface area contributed by atoms with Gasteiger partial charge >= 0.3 is 12.2 Å². The van der Waals surface area contributed by atoms with E-state index < -0.39 is 17.8 Å². The Hall–Kier alpha value is -5.65. The zero-order valence-corrected chi connectivity index (χ0v) is 37.8. The number of ether oxygens (including phenoxy) is 2. The summed E-state index contributed by atoms with van der Waals surface area (Å²) >= 11 is 22.0. The van der Waals surface area contributed by atoms with Crippen LogP contribution < -0.4 is 31.7 Å². The second-order valence-corrected chi connectivity index (χ2v) is 14.8. The molecule has 0 unspecified atom stereocenters. The Kier molecular flexibility index (Phi) is 20.5. The largest absolute Gasteiger partial charge is 0.450 e. The Bertz CT molecular complexity index is 2170. The van der Waals surface area contributed by atoms with Crippen molar-refractivity contribution in [2.75, 3.05) is 42.8 Å². The van der Waals surface area contributed by atoms with Gasteiger partial charge in [-0.25, -0.2) is 14.6 Å². The summed E-state index contributed by atoms with van der Waals surface area (Å²) in [5.74, 6) is 0.623. The van der Waals surface area contributed by atoms with E-state index in [1.54, 1.807) is 85.7 Å². The standard InChI is InChI=1S/C18H13Cl2NO.C14H18N4O4S2.C11H19N3O/c19-16-7-3-13(4-8-16)18(22,15-2-1-11-21-12-15)14-5-9-17(20)10-6-14;1-3-21-13(19)17-11(23)15-9-7-5-6-8-10(9)16-12(24)18-14(20)22-4-2;1-5-6-7-9-8(2)12-11(14(3)4)13-10(9)15/h1-12,22H;5-8H,3-4H2,1-2H3,(H2,15,17,19,23)(H2,16,18,20,24);5-7H2,1-4H3,(H,12,13,15). The van der Waals surface area contributed by atoms with Gasteiger partial charge in [-0.15, -0.1) is 0 Å². The lowest BCUT2D eigenvalue weighted by Crippen LogP contribution is -2.36. The van der Waals surface area contributed by atoms with E-state index in [0.29, 0.717) is 44.1 Å². The molecule has 0 saturated heterocycles. The molecule has 0 radical (unpaired) electrons. The maximum absolute atomic E-state index is 11.7. The van der Waals surface area contributed by atoms with Crippen molar-refractivity contribution < 1.29 is 24.2 Å². The summed E-state index contributed by atoms with van der Waals surface area (Å²) in [6.07, 6.45) is 4.97. The Morgan fingerprint density at radius 2 is 1.28 bits per heavy atom. The van der Waals surface area contributed by atoms with Gasteiger partial charge in [0.25, 0.3) is 5.56 Å². The number of hydrogen-bond donors (Lipinski definition) is 6. The molecule has 3 aromatic carbocycles. The minimum atomic E-state index is -1.32. The molecule has 0 saturated carbocycles. The molecule has 14 nitrogen and oxygen atoms in total. The Morgan fingerprint density at radius 1 is 0.787 bits per heavy atom. The Morgan fingerprint density at radius 3 is 1.67 bits per heavy atom. The van der Waals surface area contributed by atoms with Gasteiger partial charge < -0.3 is 30.1 Å². The molecule has 2 amide bonds. The number of H-pyrrole nitrogens is 1. The molecule has 0 fully saturated rings. The number of benzene rings is 3. The number of anilines is 3. The zero-order chi connectivity index (χ0) is 45.0. The first kappa shape index (κ1) is 49.7. The Labute approximate surface area is 376 Å². The number of carbonyl (C=O) groups excluding carboxylic acids is 2. The fourth-order valence-electron chi connectivity index (χ4n) is 5.44. The quantitative estimate of drug-likeness (QED) is 0.0693. The molecule has 5 aromatic rings. The number of nitrogens with zero attached hydrogens (tertiary/aromatic N) is 3. The zero-order valence-electron chi connectivity index (χ0n) is 34.7. The van der Waals surface area contributed by atoms with E-state index in [4.69, 9.17) is 57.1 Å². The van der Waals surface area contributed by atoms with Crippen molar-refractivity contribution >= 4 is 87.4 Å². The molecule has 0 aliphatic carbocycles. The minimum Gasteiger partial charge on any atom is -0.450 e. The molecule has 0 bridgehead atoms. The highest BCUT2D eigenvalue weighted by atomic mass is 35.5. The van der Waals surface area contributed by atoms with Crippen LogP contribution in [0.25, 0.3) is 0 Å². The third kappa shape index (κ3) is 15.7. The lowest BCUT2D eigenvalue weighted by Gasteiger charge is -2.29. The van der Waals surface area contributed by atoms with E-state index in [0.717, 1.165) is 30.5 Å². The second-order valence-electron chi connectivity index (χ2n) is 13.1. The van der Waals surface area contributed by atoms with Crippen LogP contribution in [0.1, 0.15) is 61.6 Å². The topological polar surface area (TPSA) is 183 Å². The van der Waals surface area contributed by atoms with Gasteiger partial charge in [-0.2, -0.15) is 0 Å². The molecule has 6 N–H and O–H groups in total. The van der Waals surface area contributed by atoms with E-state index in [-0.39, 0.29) is 29.0 Å². The number of halogens is 2. The molecular formula is C43H50Cl2N8O6S2. The molecule has 61 heavy (non-hydrogen) atoms. The van der Waals surface area contributed by atoms with Crippen LogP contribution in [0.3, 0.4) is 0 Å². The number of aromatic nitrogens is 3. The van der Waals surface area contributed by atoms with Crippen molar-refractivity contribution in [3.05, 3.63) is 146 Å². The highest BCUT2D eigenvalue weighted by Crippen LogP contribution is 2.37. The SMILES string of the molecule is CCCCc1c(C)nc(N(C)C)[nH]c1=O.CCOC(=O)NC(=S)Nc1ccccc1NC(=S)NC(=O)OCC.OC(c1ccc(Cl)cc1)(c1ccc(Cl)cc1)c1cccnc1. The van der Waals surface area contributed by atoms with Crippen LogP contribution in [0, 0.1) is 6.92 Å². The number of aliphatic hydroxyl groups is 1. The molecule has 5 rings (SSSR count). The highest BCUT2D eigenvalue weighted by molar-refractivity contribution is 7.80. The molecule has 324 valence electrons. The van der Waals surface area contributed by atoms with Crippen LogP contribution in [0.4, 0.5) is 26.9 Å². The minimum absolute atomic E-state index is 0.000324. The van der Waals surface area contributed by atoms with Crippen molar-refractivity contribution in [3.8, 4) is 0 Å². The van der Waals surface area contributed by atoms with Gasteiger partial charge in [0.05, 0.1) is 24.6 Å². The lowest BCUT2D eigenvalue weighted by molar-refractivity contribution is 0.125. The normalized spacial score (nSPS) is 10.4. The van der Waals surface area contributed by atoms with E-state index in [1.807, 2.05) is 51.4 Å². The maximum Gasteiger partial charge on any atom is 0.413 e. The predicted molar refractivity (Wildman–Crippen MR) is 251 cm³/mol. The molecular weight excluding hydrogens is 860 g/mol. The fourth-order valence-corrected chi connectivity index (χ4v) is 6.08. The van der Waals surface area contributed by atoms with Gasteiger partial charge in [-0.3, -0.25) is 25.4 Å². The van der Waals surface area contributed by atoms with Crippen LogP contribution in [-0.4, -0.2) is 69.8 Å². The van der Waals surface area contributed by atoms with Crippen molar-refractivity contribution in [2.45, 2.75) is 52.6 Å². The molecule has 2 heterocycles. The van der Waals surface area contributed by atoms with Crippen LogP contribution in [0.2, 0.25) is 10.0 Å². The highest BCUT2D eigenvalue weighted by Gasteiger charge is 2.34. The first-order chi connectivity index (χ1) is 29.1. The average Bonchev–Trinajstić information content (AvgIpc) is 3.22. The molecule has 0 atom stereocenters. The smallest absolute Gasteiger partial charge is 0.413 e. The summed E-state index contributed by atoms with van der Waals surface area (Å²) in [6.45, 7) is 7.86. The van der Waals surface area contributed by atoms with Gasteiger partial charge in [0.2, 0.25) is 5.95 Å². The van der Waals surface area contributed by atoms with Crippen molar-refractivity contribution in [1.29, 1.82) is 0 Å². The maximum atomic E-state index is 11.7. The number of para-hydroxylation sites is 2. The fraction of sp³-hybridized carbons (Fsp3) is 0.279. The Balaban J connectivity index is 0.000000250. The van der Waals surface area contributed by atoms with Crippen LogP contribution >= 0.6 is 47.6 Å². The van der Waals surface area contributed by atoms with Crippen molar-refractivity contribution in [1.82, 2.24) is 25.6 Å². The molecule has 2 aromatic heterocycles. The summed E-state index contributed by atoms with van der Waals surface area (Å²) in [7, 11) is 3.73. The lowest BCUT2D eigenvalue weighted by atomic mass is 9.81. The number of rotatable bonds is 11. The molecule has 18 heteroatoms. The van der Waals surface area contributed by atoms with Crippen LogP contribution in [0.15, 0.2) is 102 Å². The summed E-state index contributed by atoms with van der Waals surface area (Å²) in [6, 6.07) is 24.9. The first-order valence-corrected chi connectivity index (χ1v) is 20.7. The monoisotopic (exact) mass is 908 g/mol. The number of hydrogen-bond acceptors (Lipinski definition) is 11. The second kappa shape index (κ2) is 25.2. The summed E-state index contributed by atoms with van der Waals surface area (Å²) in [5, 5.41) is 23.3. The third-order valence-corrected chi connectivity index (χ3v) is 9.33. The number of aromatic amines is 1. The van der Waals surface area contributed by atoms with Crippen molar-refractivity contribution in [3.63, 3.8) is 0 Å². The molecule has 0 aliphatic heterocycles. The number of thiocarbonyl (C=S) groups is 2. The molecule has 0 spiro atoms. The van der Waals surface area contributed by atoms with Gasteiger partial charge in [0.15, 0.2) is 10.2 Å². The average molecular weight is 910 g/mol. The number of pyridine rings is 1. The van der Waals surface area contributed by atoms with Gasteiger partial charge in [0.1, 0.15) is 5.60 Å². The van der Waals surface area contributed by atoms with Crippen LogP contribution in [-0.2, 0) is 21.5 Å². The van der Waals surface area contributed by atoms with E-state index >= 15 is 0 Å². The number of nitrogens with one attached hydrogen (secondary N) is 5. The van der Waals surface area contributed by atoms with Crippen molar-refractivity contribution in [2.24, 2.45) is 0 Å². The number of unbranched alkanes of at least 4 members (excludes halogenated alkanes) is 1. The van der Waals surface area contributed by atoms with Gasteiger partial charge in [-0.1, -0.05) is 79.0 Å². The van der Waals surface area contributed by atoms with E-state index in [2.05, 4.69) is 43.1 Å². The number of amides is 2. The number of aryl methyl sites for hydroxylation is 1. The summed E-state index contributed by atoms with van der Waals surface area (Å²) in [5.41, 5.74) is 3.56. The van der Waals surface area contributed by atoms with Gasteiger partial charge in [0, 0.05) is 53.4 Å². The predicted octanol–water partition coefficient (Wildman–Crippen LogP) is 8.73. The third-order valence-electron chi connectivity index (χ3n) is 8.42. The number of carbonyl (C=O) groups is 2. The van der Waals surface area contributed by atoms with Gasteiger partial charge in [-0.05, 0) is 112 Å². The number of alkyl carbamates (subject to hydrolysis) is 2. The molecule has 0 aliphatic rings. The summed E-state index contributed by atoms with van der Waals surface area (Å²) in [4.78, 5) is 47.5. The summed E-state index contributed by atoms with van der Waals surface area (Å²) < 4.78 is 9.47. The van der Waals surface area contributed by atoms with Crippen LogP contribution in [0.5, 0.6) is 0 Å². The first-order valence-electron chi connectivity index (χ1n) is 19.1. The van der Waals surface area contributed by atoms with E-state index in [1.165, 1.54) is 0 Å².